The zero-order valence-corrected chi connectivity index (χ0v) is 20.3. The van der Waals surface area contributed by atoms with E-state index in [-0.39, 0.29) is 6.61 Å². The number of amides is 1. The molecule has 0 N–H and O–H groups in total. The van der Waals surface area contributed by atoms with Gasteiger partial charge in [0.1, 0.15) is 23.5 Å². The van der Waals surface area contributed by atoms with Gasteiger partial charge in [0.05, 0.1) is 11.9 Å². The van der Waals surface area contributed by atoms with Crippen molar-refractivity contribution in [1.82, 2.24) is 14.5 Å². The van der Waals surface area contributed by atoms with Crippen molar-refractivity contribution in [2.24, 2.45) is 0 Å². The molecule has 0 saturated heterocycles. The first-order chi connectivity index (χ1) is 14.2. The van der Waals surface area contributed by atoms with Gasteiger partial charge >= 0.3 is 6.09 Å². The zero-order valence-electron chi connectivity index (χ0n) is 17.8. The Labute approximate surface area is 186 Å². The second-order valence-corrected chi connectivity index (χ2v) is 14.7. The maximum atomic E-state index is 12.6. The fourth-order valence-corrected chi connectivity index (χ4v) is 3.85. The van der Waals surface area contributed by atoms with Gasteiger partial charge in [-0.2, -0.15) is 0 Å². The minimum Gasteiger partial charge on any atom is -0.444 e. The second-order valence-electron chi connectivity index (χ2n) is 8.30. The molecule has 160 valence electrons. The Morgan fingerprint density at radius 1 is 1.23 bits per heavy atom. The van der Waals surface area contributed by atoms with E-state index in [1.54, 1.807) is 13.2 Å². The lowest BCUT2D eigenvalue weighted by atomic mass is 10.2. The summed E-state index contributed by atoms with van der Waals surface area (Å²) in [6.45, 7) is 8.21. The molecule has 0 unspecified atom stereocenters. The van der Waals surface area contributed by atoms with Crippen LogP contribution in [0.3, 0.4) is 0 Å². The molecule has 0 radical (unpaired) electrons. The van der Waals surface area contributed by atoms with Crippen molar-refractivity contribution in [1.29, 1.82) is 0 Å². The Bertz CT molecular complexity index is 1000. The van der Waals surface area contributed by atoms with Gasteiger partial charge in [0.2, 0.25) is 0 Å². The number of carbonyl (C=O) groups is 1. The Kier molecular flexibility index (Phi) is 7.27. The first-order valence-corrected chi connectivity index (χ1v) is 14.3. The third-order valence-corrected chi connectivity index (χ3v) is 6.67. The Balaban J connectivity index is 1.75. The van der Waals surface area contributed by atoms with Crippen molar-refractivity contribution in [2.45, 2.75) is 39.0 Å². The summed E-state index contributed by atoms with van der Waals surface area (Å²) in [5, 5.41) is 0. The van der Waals surface area contributed by atoms with Crippen molar-refractivity contribution < 1.29 is 14.3 Å². The Morgan fingerprint density at radius 3 is 2.67 bits per heavy atom. The lowest BCUT2D eigenvalue weighted by molar-refractivity contribution is 0.0899. The van der Waals surface area contributed by atoms with Crippen LogP contribution in [-0.2, 0) is 22.8 Å². The van der Waals surface area contributed by atoms with Gasteiger partial charge in [0.25, 0.3) is 0 Å². The van der Waals surface area contributed by atoms with Crippen LogP contribution < -0.4 is 4.90 Å². The molecule has 1 amide bonds. The van der Waals surface area contributed by atoms with Crippen LogP contribution in [-0.4, -0.2) is 42.4 Å². The molecule has 3 rings (SSSR count). The lowest BCUT2D eigenvalue weighted by Gasteiger charge is -2.16. The molecule has 0 spiro atoms. The van der Waals surface area contributed by atoms with E-state index in [2.05, 4.69) is 45.5 Å². The summed E-state index contributed by atoms with van der Waals surface area (Å²) in [4.78, 5) is 23.1. The third kappa shape index (κ3) is 5.90. The molecule has 0 fully saturated rings. The van der Waals surface area contributed by atoms with Crippen LogP contribution in [0.2, 0.25) is 25.7 Å². The Hall–Kier alpha value is -2.23. The van der Waals surface area contributed by atoms with Crippen molar-refractivity contribution in [3.8, 4) is 0 Å². The average molecular weight is 491 g/mol. The van der Waals surface area contributed by atoms with E-state index in [1.807, 2.05) is 41.1 Å². The number of fused-ring (bicyclic) bond motifs is 1. The molecule has 2 aromatic heterocycles. The Morgan fingerprint density at radius 2 is 1.97 bits per heavy atom. The molecular weight excluding hydrogens is 464 g/mol. The number of carbonyl (C=O) groups excluding carboxylic acids is 1. The molecule has 2 heterocycles. The van der Waals surface area contributed by atoms with Crippen molar-refractivity contribution in [3.05, 3.63) is 52.9 Å². The van der Waals surface area contributed by atoms with Crippen LogP contribution >= 0.6 is 15.9 Å². The molecular formula is C21H27BrN4O3Si. The predicted molar refractivity (Wildman–Crippen MR) is 124 cm³/mol. The minimum atomic E-state index is -1.16. The van der Waals surface area contributed by atoms with Crippen LogP contribution in [0.1, 0.15) is 5.56 Å². The molecule has 0 bridgehead atoms. The standard InChI is InChI=1S/C21H27BrN4O3Si/c1-25(21(27)29-14-16-8-6-5-7-9-16)17-13-26(15-28-10-11-30(2,3)4)20-19(17)24-18(22)12-23-20/h5-9,12-13H,10-11,14-15H2,1-4H3. The topological polar surface area (TPSA) is 69.5 Å². The second kappa shape index (κ2) is 9.72. The molecule has 0 aliphatic carbocycles. The number of nitrogens with zero attached hydrogens (tertiary/aromatic N) is 4. The number of ether oxygens (including phenoxy) is 2. The fraction of sp³-hybridized carbons (Fsp3) is 0.381. The molecule has 1 aromatic carbocycles. The van der Waals surface area contributed by atoms with E-state index in [4.69, 9.17) is 9.47 Å². The maximum absolute atomic E-state index is 12.6. The third-order valence-electron chi connectivity index (χ3n) is 4.58. The van der Waals surface area contributed by atoms with Gasteiger partial charge in [-0.05, 0) is 27.5 Å². The smallest absolute Gasteiger partial charge is 0.414 e. The van der Waals surface area contributed by atoms with Crippen molar-refractivity contribution >= 4 is 46.9 Å². The molecule has 0 atom stereocenters. The van der Waals surface area contributed by atoms with E-state index in [9.17, 15) is 4.79 Å². The van der Waals surface area contributed by atoms with Crippen molar-refractivity contribution in [2.75, 3.05) is 18.6 Å². The molecule has 0 aliphatic rings. The largest absolute Gasteiger partial charge is 0.444 e. The highest BCUT2D eigenvalue weighted by Crippen LogP contribution is 2.27. The van der Waals surface area contributed by atoms with Gasteiger partial charge in [-0.25, -0.2) is 14.8 Å². The van der Waals surface area contributed by atoms with Crippen LogP contribution in [0, 0.1) is 0 Å². The predicted octanol–water partition coefficient (Wildman–Crippen LogP) is 5.28. The quantitative estimate of drug-likeness (QED) is 0.317. The summed E-state index contributed by atoms with van der Waals surface area (Å²) in [6.07, 6.45) is 3.01. The van der Waals surface area contributed by atoms with Gasteiger partial charge in [0, 0.05) is 27.9 Å². The van der Waals surface area contributed by atoms with Crippen molar-refractivity contribution in [3.63, 3.8) is 0 Å². The van der Waals surface area contributed by atoms with Crippen LogP contribution in [0.4, 0.5) is 10.5 Å². The molecule has 30 heavy (non-hydrogen) atoms. The fourth-order valence-electron chi connectivity index (χ4n) is 2.81. The molecule has 3 aromatic rings. The first kappa shape index (κ1) is 22.5. The number of halogens is 1. The molecule has 0 aliphatic heterocycles. The van der Waals surface area contributed by atoms with Gasteiger partial charge in [-0.3, -0.25) is 4.90 Å². The molecule has 0 saturated carbocycles. The monoisotopic (exact) mass is 490 g/mol. The van der Waals surface area contributed by atoms with Crippen LogP contribution in [0.15, 0.2) is 47.3 Å². The maximum Gasteiger partial charge on any atom is 0.414 e. The van der Waals surface area contributed by atoms with E-state index in [0.29, 0.717) is 34.8 Å². The highest BCUT2D eigenvalue weighted by atomic mass is 79.9. The minimum absolute atomic E-state index is 0.206. The van der Waals surface area contributed by atoms with E-state index in [0.717, 1.165) is 11.6 Å². The number of rotatable bonds is 8. The van der Waals surface area contributed by atoms with Gasteiger partial charge in [-0.1, -0.05) is 50.0 Å². The first-order valence-electron chi connectivity index (χ1n) is 9.78. The van der Waals surface area contributed by atoms with Gasteiger partial charge < -0.3 is 14.0 Å². The zero-order chi connectivity index (χ0) is 21.7. The molecule has 9 heteroatoms. The summed E-state index contributed by atoms with van der Waals surface area (Å²) in [6, 6.07) is 10.7. The van der Waals surface area contributed by atoms with E-state index in [1.165, 1.54) is 4.90 Å². The van der Waals surface area contributed by atoms with Crippen LogP contribution in [0.5, 0.6) is 0 Å². The SMILES string of the molecule is CN(C(=O)OCc1ccccc1)c1cn(COCC[Si](C)(C)C)c2ncc(Br)nc12. The van der Waals surface area contributed by atoms with E-state index < -0.39 is 14.2 Å². The average Bonchev–Trinajstić information content (AvgIpc) is 3.06. The van der Waals surface area contributed by atoms with Gasteiger partial charge in [-0.15, -0.1) is 0 Å². The summed E-state index contributed by atoms with van der Waals surface area (Å²) in [5.74, 6) is 0. The summed E-state index contributed by atoms with van der Waals surface area (Å²) in [5.41, 5.74) is 2.81. The lowest BCUT2D eigenvalue weighted by Crippen LogP contribution is -2.27. The number of hydrogen-bond acceptors (Lipinski definition) is 5. The van der Waals surface area contributed by atoms with Gasteiger partial charge in [0.15, 0.2) is 5.65 Å². The summed E-state index contributed by atoms with van der Waals surface area (Å²) < 4.78 is 13.8. The highest BCUT2D eigenvalue weighted by molar-refractivity contribution is 9.10. The summed E-state index contributed by atoms with van der Waals surface area (Å²) >= 11 is 3.36. The highest BCUT2D eigenvalue weighted by Gasteiger charge is 2.21. The number of hydrogen-bond donors (Lipinski definition) is 0. The molecule has 7 nitrogen and oxygen atoms in total. The number of benzene rings is 1. The van der Waals surface area contributed by atoms with Crippen LogP contribution in [0.25, 0.3) is 11.2 Å². The number of anilines is 1. The number of aromatic nitrogens is 3. The normalized spacial score (nSPS) is 11.6. The van der Waals surface area contributed by atoms with E-state index >= 15 is 0 Å². The summed E-state index contributed by atoms with van der Waals surface area (Å²) in [7, 11) is 0.509.